The zero-order chi connectivity index (χ0) is 7.94. The lowest BCUT2D eigenvalue weighted by Gasteiger charge is -2.13. The summed E-state index contributed by atoms with van der Waals surface area (Å²) in [5, 5.41) is 0. The summed E-state index contributed by atoms with van der Waals surface area (Å²) in [6, 6.07) is 0. The van der Waals surface area contributed by atoms with Gasteiger partial charge in [0, 0.05) is 12.8 Å². The number of rotatable bonds is 5. The third-order valence-electron chi connectivity index (χ3n) is 2.02. The van der Waals surface area contributed by atoms with Gasteiger partial charge in [-0.05, 0) is 44.4 Å². The zero-order valence-corrected chi connectivity index (χ0v) is 8.03. The van der Waals surface area contributed by atoms with Gasteiger partial charge in [-0.25, -0.2) is 0 Å². The highest BCUT2D eigenvalue weighted by molar-refractivity contribution is 7.93. The van der Waals surface area contributed by atoms with Crippen molar-refractivity contribution >= 4 is 12.0 Å². The highest BCUT2D eigenvalue weighted by Gasteiger charge is 2.09. The van der Waals surface area contributed by atoms with Crippen LogP contribution in [0.2, 0.25) is 0 Å². The summed E-state index contributed by atoms with van der Waals surface area (Å²) in [5.74, 6) is 0. The Labute approximate surface area is 73.5 Å². The van der Waals surface area contributed by atoms with Crippen molar-refractivity contribution in [2.45, 2.75) is 19.3 Å². The Morgan fingerprint density at radius 3 is 2.73 bits per heavy atom. The van der Waals surface area contributed by atoms with E-state index in [1.165, 1.54) is 50.9 Å². The maximum atomic E-state index is 5.18. The fourth-order valence-corrected chi connectivity index (χ4v) is 1.72. The fourth-order valence-electron chi connectivity index (χ4n) is 1.44. The second-order valence-corrected chi connectivity index (χ2v) is 3.46. The Morgan fingerprint density at radius 2 is 2.09 bits per heavy atom. The van der Waals surface area contributed by atoms with Crippen molar-refractivity contribution in [3.05, 3.63) is 0 Å². The maximum absolute atomic E-state index is 5.18. The molecule has 2 nitrogen and oxygen atoms in total. The highest BCUT2D eigenvalue weighted by Crippen LogP contribution is 2.07. The Bertz CT molecular complexity index is 94.1. The van der Waals surface area contributed by atoms with Gasteiger partial charge in [0.05, 0.1) is 6.61 Å². The molecule has 0 N–H and O–H groups in total. The molecular formula is C8H17NOS. The minimum atomic E-state index is 0.900. The van der Waals surface area contributed by atoms with Gasteiger partial charge in [0.15, 0.2) is 0 Å². The monoisotopic (exact) mass is 175 g/mol. The molecule has 0 bridgehead atoms. The van der Waals surface area contributed by atoms with E-state index in [1.807, 2.05) is 6.26 Å². The summed E-state index contributed by atoms with van der Waals surface area (Å²) in [6.45, 7) is 4.73. The molecule has 11 heavy (non-hydrogen) atoms. The van der Waals surface area contributed by atoms with E-state index < -0.39 is 0 Å². The first-order chi connectivity index (χ1) is 5.43. The van der Waals surface area contributed by atoms with Gasteiger partial charge in [-0.2, -0.15) is 0 Å². The highest BCUT2D eigenvalue weighted by atomic mass is 32.2. The average Bonchev–Trinajstić information content (AvgIpc) is 2.50. The Kier molecular flexibility index (Phi) is 4.99. The van der Waals surface area contributed by atoms with Gasteiger partial charge in [0.2, 0.25) is 0 Å². The topological polar surface area (TPSA) is 12.5 Å². The molecule has 0 aliphatic carbocycles. The standard InChI is InChI=1S/C8H17NOS/c1-11-10-8-4-7-9-5-2-3-6-9/h2-8H2,1H3. The molecule has 0 aromatic heterocycles. The third kappa shape index (κ3) is 3.99. The summed E-state index contributed by atoms with van der Waals surface area (Å²) in [4.78, 5) is 2.52. The van der Waals surface area contributed by atoms with Crippen LogP contribution in [-0.4, -0.2) is 37.4 Å². The molecule has 1 aliphatic heterocycles. The number of hydrogen-bond donors (Lipinski definition) is 0. The summed E-state index contributed by atoms with van der Waals surface area (Å²) in [7, 11) is 0. The van der Waals surface area contributed by atoms with Crippen LogP contribution in [0, 0.1) is 0 Å². The molecule has 0 aromatic rings. The summed E-state index contributed by atoms with van der Waals surface area (Å²) >= 11 is 1.47. The molecule has 1 fully saturated rings. The Hall–Kier alpha value is 0.270. The molecule has 0 spiro atoms. The van der Waals surface area contributed by atoms with Crippen LogP contribution in [0.4, 0.5) is 0 Å². The molecule has 0 amide bonds. The van der Waals surface area contributed by atoms with E-state index in [0.29, 0.717) is 0 Å². The molecule has 0 aromatic carbocycles. The van der Waals surface area contributed by atoms with E-state index in [-0.39, 0.29) is 0 Å². The number of hydrogen-bond acceptors (Lipinski definition) is 3. The first-order valence-corrected chi connectivity index (χ1v) is 5.46. The number of likely N-dealkylation sites (tertiary alicyclic amines) is 1. The van der Waals surface area contributed by atoms with E-state index in [4.69, 9.17) is 4.18 Å². The molecule has 1 rings (SSSR count). The van der Waals surface area contributed by atoms with Crippen molar-refractivity contribution in [3.63, 3.8) is 0 Å². The third-order valence-corrected chi connectivity index (χ3v) is 2.42. The molecule has 0 atom stereocenters. The van der Waals surface area contributed by atoms with Gasteiger partial charge in [0.1, 0.15) is 0 Å². The second-order valence-electron chi connectivity index (χ2n) is 2.89. The minimum absolute atomic E-state index is 0.900. The lowest BCUT2D eigenvalue weighted by Crippen LogP contribution is -2.21. The van der Waals surface area contributed by atoms with Crippen LogP contribution in [0.1, 0.15) is 19.3 Å². The van der Waals surface area contributed by atoms with E-state index in [2.05, 4.69) is 4.90 Å². The average molecular weight is 175 g/mol. The summed E-state index contributed by atoms with van der Waals surface area (Å²) < 4.78 is 5.18. The van der Waals surface area contributed by atoms with E-state index in [1.54, 1.807) is 0 Å². The molecule has 66 valence electrons. The van der Waals surface area contributed by atoms with Gasteiger partial charge in [0.25, 0.3) is 0 Å². The van der Waals surface area contributed by atoms with Crippen molar-refractivity contribution in [1.29, 1.82) is 0 Å². The first-order valence-electron chi connectivity index (χ1n) is 4.31. The normalized spacial score (nSPS) is 19.4. The van der Waals surface area contributed by atoms with Gasteiger partial charge < -0.3 is 9.08 Å². The molecule has 3 heteroatoms. The molecular weight excluding hydrogens is 158 g/mol. The van der Waals surface area contributed by atoms with Crippen LogP contribution in [0.3, 0.4) is 0 Å². The lowest BCUT2D eigenvalue weighted by molar-refractivity contribution is 0.287. The van der Waals surface area contributed by atoms with Crippen LogP contribution >= 0.6 is 12.0 Å². The molecule has 0 radical (unpaired) electrons. The SMILES string of the molecule is CSOCCCN1CCCC1. The van der Waals surface area contributed by atoms with Crippen molar-refractivity contribution in [1.82, 2.24) is 4.90 Å². The van der Waals surface area contributed by atoms with Crippen LogP contribution in [0.5, 0.6) is 0 Å². The van der Waals surface area contributed by atoms with Crippen molar-refractivity contribution in [2.75, 3.05) is 32.5 Å². The Morgan fingerprint density at radius 1 is 1.36 bits per heavy atom. The molecule has 1 heterocycles. The van der Waals surface area contributed by atoms with Crippen LogP contribution in [-0.2, 0) is 4.18 Å². The number of nitrogens with zero attached hydrogens (tertiary/aromatic N) is 1. The summed E-state index contributed by atoms with van der Waals surface area (Å²) in [6.07, 6.45) is 5.93. The van der Waals surface area contributed by atoms with Crippen LogP contribution < -0.4 is 0 Å². The van der Waals surface area contributed by atoms with Crippen LogP contribution in [0.15, 0.2) is 0 Å². The molecule has 1 saturated heterocycles. The Balaban J connectivity index is 1.86. The van der Waals surface area contributed by atoms with Gasteiger partial charge in [-0.15, -0.1) is 0 Å². The van der Waals surface area contributed by atoms with Gasteiger partial charge in [-0.3, -0.25) is 0 Å². The quantitative estimate of drug-likeness (QED) is 0.467. The van der Waals surface area contributed by atoms with E-state index in [0.717, 1.165) is 6.61 Å². The summed E-state index contributed by atoms with van der Waals surface area (Å²) in [5.41, 5.74) is 0. The van der Waals surface area contributed by atoms with Crippen molar-refractivity contribution in [2.24, 2.45) is 0 Å². The fraction of sp³-hybridized carbons (Fsp3) is 1.00. The largest absolute Gasteiger partial charge is 0.316 e. The van der Waals surface area contributed by atoms with Gasteiger partial charge >= 0.3 is 0 Å². The molecule has 0 unspecified atom stereocenters. The maximum Gasteiger partial charge on any atom is 0.0625 e. The minimum Gasteiger partial charge on any atom is -0.316 e. The lowest BCUT2D eigenvalue weighted by atomic mass is 10.4. The predicted octanol–water partition coefficient (Wildman–Crippen LogP) is 1.77. The molecule has 0 saturated carbocycles. The molecule has 1 aliphatic rings. The van der Waals surface area contributed by atoms with Crippen molar-refractivity contribution in [3.8, 4) is 0 Å². The van der Waals surface area contributed by atoms with Crippen molar-refractivity contribution < 1.29 is 4.18 Å². The van der Waals surface area contributed by atoms with E-state index in [9.17, 15) is 0 Å². The predicted molar refractivity (Wildman–Crippen MR) is 49.8 cm³/mol. The second kappa shape index (κ2) is 5.86. The van der Waals surface area contributed by atoms with Crippen LogP contribution in [0.25, 0.3) is 0 Å². The first kappa shape index (κ1) is 9.36. The van der Waals surface area contributed by atoms with E-state index >= 15 is 0 Å². The zero-order valence-electron chi connectivity index (χ0n) is 7.21. The van der Waals surface area contributed by atoms with Gasteiger partial charge in [-0.1, -0.05) is 0 Å². The smallest absolute Gasteiger partial charge is 0.0625 e.